The van der Waals surface area contributed by atoms with Crippen LogP contribution in [0.4, 0.5) is 4.39 Å². The number of nitrogens with one attached hydrogen (secondary N) is 1. The number of ether oxygens (including phenoxy) is 1. The first kappa shape index (κ1) is 18.4. The second kappa shape index (κ2) is 7.89. The maximum atomic E-state index is 13.4. The summed E-state index contributed by atoms with van der Waals surface area (Å²) in [7, 11) is 1.61. The first-order valence-corrected chi connectivity index (χ1v) is 8.77. The molecule has 26 heavy (non-hydrogen) atoms. The van der Waals surface area contributed by atoms with Crippen LogP contribution in [0.2, 0.25) is 5.02 Å². The molecule has 136 valence electrons. The molecule has 1 unspecified atom stereocenters. The highest BCUT2D eigenvalue weighted by atomic mass is 35.5. The van der Waals surface area contributed by atoms with E-state index in [0.29, 0.717) is 10.9 Å². The van der Waals surface area contributed by atoms with Crippen LogP contribution in [0.3, 0.4) is 0 Å². The van der Waals surface area contributed by atoms with Crippen molar-refractivity contribution in [1.29, 1.82) is 0 Å². The van der Waals surface area contributed by atoms with Gasteiger partial charge in [-0.1, -0.05) is 29.8 Å². The molecule has 6 heteroatoms. The molecule has 3 aromatic rings. The Hall–Kier alpha value is -2.37. The summed E-state index contributed by atoms with van der Waals surface area (Å²) in [4.78, 5) is 0. The van der Waals surface area contributed by atoms with E-state index in [0.717, 1.165) is 16.9 Å². The minimum atomic E-state index is -0.240. The van der Waals surface area contributed by atoms with Crippen molar-refractivity contribution in [1.82, 2.24) is 15.1 Å². The summed E-state index contributed by atoms with van der Waals surface area (Å²) >= 11 is 6.08. The van der Waals surface area contributed by atoms with Crippen molar-refractivity contribution in [2.45, 2.75) is 25.9 Å². The fourth-order valence-electron chi connectivity index (χ4n) is 2.86. The van der Waals surface area contributed by atoms with Gasteiger partial charge in [0.15, 0.2) is 0 Å². The summed E-state index contributed by atoms with van der Waals surface area (Å²) in [6.07, 6.45) is 0. The van der Waals surface area contributed by atoms with E-state index in [-0.39, 0.29) is 17.9 Å². The smallest absolute Gasteiger partial charge is 0.216 e. The molecule has 1 aromatic heterocycles. The Balaban J connectivity index is 1.82. The molecule has 4 nitrogen and oxygen atoms in total. The van der Waals surface area contributed by atoms with Gasteiger partial charge in [0, 0.05) is 23.2 Å². The highest BCUT2D eigenvalue weighted by molar-refractivity contribution is 6.30. The fourth-order valence-corrected chi connectivity index (χ4v) is 3.05. The molecular formula is C20H21ClFN3O. The molecule has 0 radical (unpaired) electrons. The summed E-state index contributed by atoms with van der Waals surface area (Å²) in [6.45, 7) is 4.01. The highest BCUT2D eigenvalue weighted by Gasteiger charge is 2.18. The van der Waals surface area contributed by atoms with Gasteiger partial charge in [0.1, 0.15) is 5.82 Å². The minimum Gasteiger partial charge on any atom is -0.481 e. The number of rotatable bonds is 6. The highest BCUT2D eigenvalue weighted by Crippen LogP contribution is 2.26. The van der Waals surface area contributed by atoms with Crippen molar-refractivity contribution in [3.05, 3.63) is 76.7 Å². The van der Waals surface area contributed by atoms with Crippen molar-refractivity contribution in [3.8, 4) is 11.6 Å². The van der Waals surface area contributed by atoms with Gasteiger partial charge in [0.2, 0.25) is 5.88 Å². The number of methoxy groups -OCH3 is 1. The SMILES string of the molecule is COc1cc([C@@H](C)NC(C)c2cccc(F)c2)nn1-c1cccc(Cl)c1. The Morgan fingerprint density at radius 2 is 1.85 bits per heavy atom. The lowest BCUT2D eigenvalue weighted by molar-refractivity contribution is 0.383. The third-order valence-electron chi connectivity index (χ3n) is 4.25. The Morgan fingerprint density at radius 3 is 2.54 bits per heavy atom. The molecule has 0 fully saturated rings. The lowest BCUT2D eigenvalue weighted by Crippen LogP contribution is -2.23. The average Bonchev–Trinajstić information content (AvgIpc) is 3.06. The molecule has 2 atom stereocenters. The number of halogens is 2. The van der Waals surface area contributed by atoms with Gasteiger partial charge >= 0.3 is 0 Å². The van der Waals surface area contributed by atoms with Gasteiger partial charge in [-0.25, -0.2) is 9.07 Å². The van der Waals surface area contributed by atoms with Crippen LogP contribution in [-0.2, 0) is 0 Å². The van der Waals surface area contributed by atoms with Crippen LogP contribution < -0.4 is 10.1 Å². The summed E-state index contributed by atoms with van der Waals surface area (Å²) in [5, 5.41) is 8.73. The van der Waals surface area contributed by atoms with Crippen molar-refractivity contribution in [3.63, 3.8) is 0 Å². The molecule has 0 aliphatic carbocycles. The standard InChI is InChI=1S/C20H21ClFN3O/c1-13(15-6-4-8-17(22)10-15)23-14(2)19-12-20(26-3)25(24-19)18-9-5-7-16(21)11-18/h4-14,23H,1-3H3/t13?,14-/m1/s1. The second-order valence-corrected chi connectivity index (χ2v) is 6.60. The number of nitrogens with zero attached hydrogens (tertiary/aromatic N) is 2. The molecule has 0 aliphatic rings. The van der Waals surface area contributed by atoms with E-state index in [1.165, 1.54) is 12.1 Å². The van der Waals surface area contributed by atoms with Crippen LogP contribution in [0, 0.1) is 5.82 Å². The average molecular weight is 374 g/mol. The van der Waals surface area contributed by atoms with E-state index >= 15 is 0 Å². The van der Waals surface area contributed by atoms with Crippen molar-refractivity contribution in [2.24, 2.45) is 0 Å². The lowest BCUT2D eigenvalue weighted by Gasteiger charge is -2.19. The van der Waals surface area contributed by atoms with Gasteiger partial charge < -0.3 is 10.1 Å². The van der Waals surface area contributed by atoms with Gasteiger partial charge in [-0.05, 0) is 49.7 Å². The largest absolute Gasteiger partial charge is 0.481 e. The maximum absolute atomic E-state index is 13.4. The third kappa shape index (κ3) is 4.06. The van der Waals surface area contributed by atoms with Crippen molar-refractivity contribution >= 4 is 11.6 Å². The predicted molar refractivity (Wildman–Crippen MR) is 101 cm³/mol. The number of benzene rings is 2. The Bertz CT molecular complexity index is 896. The molecular weight excluding hydrogens is 353 g/mol. The number of aromatic nitrogens is 2. The third-order valence-corrected chi connectivity index (χ3v) is 4.48. The molecule has 0 saturated heterocycles. The molecule has 2 aromatic carbocycles. The van der Waals surface area contributed by atoms with E-state index in [4.69, 9.17) is 16.3 Å². The molecule has 0 saturated carbocycles. The predicted octanol–water partition coefficient (Wildman–Crippen LogP) is 5.09. The number of hydrogen-bond acceptors (Lipinski definition) is 3. The van der Waals surface area contributed by atoms with E-state index in [9.17, 15) is 4.39 Å². The van der Waals surface area contributed by atoms with E-state index in [2.05, 4.69) is 10.4 Å². The molecule has 0 spiro atoms. The zero-order chi connectivity index (χ0) is 18.7. The van der Waals surface area contributed by atoms with E-state index in [1.807, 2.05) is 50.2 Å². The lowest BCUT2D eigenvalue weighted by atomic mass is 10.1. The minimum absolute atomic E-state index is 0.0250. The first-order valence-electron chi connectivity index (χ1n) is 8.39. The van der Waals surface area contributed by atoms with E-state index in [1.54, 1.807) is 17.9 Å². The zero-order valence-electron chi connectivity index (χ0n) is 14.9. The zero-order valence-corrected chi connectivity index (χ0v) is 15.7. The monoisotopic (exact) mass is 373 g/mol. The van der Waals surface area contributed by atoms with Gasteiger partial charge in [-0.3, -0.25) is 0 Å². The van der Waals surface area contributed by atoms with Gasteiger partial charge in [-0.15, -0.1) is 0 Å². The molecule has 1 heterocycles. The van der Waals surface area contributed by atoms with Gasteiger partial charge in [0.05, 0.1) is 18.5 Å². The van der Waals surface area contributed by atoms with E-state index < -0.39 is 0 Å². The quantitative estimate of drug-likeness (QED) is 0.654. The number of hydrogen-bond donors (Lipinski definition) is 1. The second-order valence-electron chi connectivity index (χ2n) is 6.17. The molecule has 0 aliphatic heterocycles. The summed E-state index contributed by atoms with van der Waals surface area (Å²) < 4.78 is 20.6. The fraction of sp³-hybridized carbons (Fsp3) is 0.250. The van der Waals surface area contributed by atoms with Crippen LogP contribution in [0.5, 0.6) is 5.88 Å². The van der Waals surface area contributed by atoms with Crippen LogP contribution in [0.25, 0.3) is 5.69 Å². The van der Waals surface area contributed by atoms with Gasteiger partial charge in [-0.2, -0.15) is 5.10 Å². The summed E-state index contributed by atoms with van der Waals surface area (Å²) in [5.41, 5.74) is 2.54. The van der Waals surface area contributed by atoms with Crippen LogP contribution >= 0.6 is 11.6 Å². The topological polar surface area (TPSA) is 39.1 Å². The first-order chi connectivity index (χ1) is 12.5. The summed E-state index contributed by atoms with van der Waals surface area (Å²) in [5.74, 6) is 0.380. The van der Waals surface area contributed by atoms with Crippen LogP contribution in [-0.4, -0.2) is 16.9 Å². The molecule has 0 amide bonds. The Morgan fingerprint density at radius 1 is 1.08 bits per heavy atom. The Labute approximate surface area is 157 Å². The Kier molecular flexibility index (Phi) is 5.59. The van der Waals surface area contributed by atoms with Crippen LogP contribution in [0.15, 0.2) is 54.6 Å². The van der Waals surface area contributed by atoms with Crippen molar-refractivity contribution < 1.29 is 9.13 Å². The van der Waals surface area contributed by atoms with Crippen LogP contribution in [0.1, 0.15) is 37.2 Å². The van der Waals surface area contributed by atoms with Gasteiger partial charge in [0.25, 0.3) is 0 Å². The molecule has 0 bridgehead atoms. The maximum Gasteiger partial charge on any atom is 0.216 e. The molecule has 1 N–H and O–H groups in total. The summed E-state index contributed by atoms with van der Waals surface area (Å²) in [6, 6.07) is 15.8. The molecule has 3 rings (SSSR count). The normalized spacial score (nSPS) is 13.4. The van der Waals surface area contributed by atoms with Crippen molar-refractivity contribution in [2.75, 3.05) is 7.11 Å².